The lowest BCUT2D eigenvalue weighted by Gasteiger charge is -2.30. The molecule has 1 aromatic carbocycles. The Morgan fingerprint density at radius 2 is 2.17 bits per heavy atom. The molecule has 0 amide bonds. The number of hydrogen-bond donors (Lipinski definition) is 1. The minimum absolute atomic E-state index is 0.498. The van der Waals surface area contributed by atoms with Crippen molar-refractivity contribution in [3.63, 3.8) is 0 Å². The highest BCUT2D eigenvalue weighted by Gasteiger charge is 2.23. The predicted octanol–water partition coefficient (Wildman–Crippen LogP) is 1.98. The van der Waals surface area contributed by atoms with E-state index in [1.165, 1.54) is 37.1 Å². The highest BCUT2D eigenvalue weighted by atomic mass is 16.5. The van der Waals surface area contributed by atoms with Gasteiger partial charge in [0.15, 0.2) is 0 Å². The quantitative estimate of drug-likeness (QED) is 0.882. The SMILES string of the molecule is COc1ccc2c(c1)CCN[C@@H]2CN1CCCC1. The topological polar surface area (TPSA) is 24.5 Å². The van der Waals surface area contributed by atoms with Gasteiger partial charge in [0.05, 0.1) is 7.11 Å². The van der Waals surface area contributed by atoms with Crippen molar-refractivity contribution in [2.24, 2.45) is 0 Å². The van der Waals surface area contributed by atoms with Crippen molar-refractivity contribution in [3.8, 4) is 5.75 Å². The fraction of sp³-hybridized carbons (Fsp3) is 0.600. The summed E-state index contributed by atoms with van der Waals surface area (Å²) in [6.45, 7) is 4.77. The summed E-state index contributed by atoms with van der Waals surface area (Å²) in [5, 5.41) is 3.66. The maximum atomic E-state index is 5.32. The van der Waals surface area contributed by atoms with Crippen LogP contribution in [0.4, 0.5) is 0 Å². The molecule has 1 saturated heterocycles. The average molecular weight is 246 g/mol. The van der Waals surface area contributed by atoms with Gasteiger partial charge in [0.25, 0.3) is 0 Å². The predicted molar refractivity (Wildman–Crippen MR) is 73.1 cm³/mol. The van der Waals surface area contributed by atoms with Gasteiger partial charge in [-0.2, -0.15) is 0 Å². The summed E-state index contributed by atoms with van der Waals surface area (Å²) < 4.78 is 5.32. The van der Waals surface area contributed by atoms with Gasteiger partial charge < -0.3 is 15.0 Å². The van der Waals surface area contributed by atoms with E-state index >= 15 is 0 Å². The van der Waals surface area contributed by atoms with E-state index in [1.807, 2.05) is 0 Å². The van der Waals surface area contributed by atoms with Crippen LogP contribution in [0.15, 0.2) is 18.2 Å². The number of rotatable bonds is 3. The Hall–Kier alpha value is -1.06. The monoisotopic (exact) mass is 246 g/mol. The first kappa shape index (κ1) is 12.0. The Kier molecular flexibility index (Phi) is 3.52. The zero-order valence-electron chi connectivity index (χ0n) is 11.1. The molecule has 1 N–H and O–H groups in total. The number of ether oxygens (including phenoxy) is 1. The molecule has 3 nitrogen and oxygen atoms in total. The molecule has 1 aromatic rings. The number of nitrogens with zero attached hydrogens (tertiary/aromatic N) is 1. The number of nitrogens with one attached hydrogen (secondary N) is 1. The van der Waals surface area contributed by atoms with E-state index in [2.05, 4.69) is 28.4 Å². The molecular weight excluding hydrogens is 224 g/mol. The lowest BCUT2D eigenvalue weighted by atomic mass is 9.94. The van der Waals surface area contributed by atoms with Gasteiger partial charge >= 0.3 is 0 Å². The van der Waals surface area contributed by atoms with Crippen molar-refractivity contribution in [1.82, 2.24) is 10.2 Å². The second-order valence-corrected chi connectivity index (χ2v) is 5.33. The first-order valence-electron chi connectivity index (χ1n) is 6.99. The van der Waals surface area contributed by atoms with Crippen LogP contribution in [0, 0.1) is 0 Å². The minimum Gasteiger partial charge on any atom is -0.497 e. The molecule has 2 heterocycles. The van der Waals surface area contributed by atoms with E-state index in [9.17, 15) is 0 Å². The third kappa shape index (κ3) is 2.38. The molecule has 0 spiro atoms. The normalized spacial score (nSPS) is 23.9. The summed E-state index contributed by atoms with van der Waals surface area (Å²) in [6, 6.07) is 7.02. The highest BCUT2D eigenvalue weighted by Crippen LogP contribution is 2.28. The minimum atomic E-state index is 0.498. The van der Waals surface area contributed by atoms with E-state index in [1.54, 1.807) is 7.11 Å². The number of methoxy groups -OCH3 is 1. The second kappa shape index (κ2) is 5.29. The van der Waals surface area contributed by atoms with Crippen molar-refractivity contribution in [1.29, 1.82) is 0 Å². The van der Waals surface area contributed by atoms with E-state index in [-0.39, 0.29) is 0 Å². The summed E-state index contributed by atoms with van der Waals surface area (Å²) in [5.41, 5.74) is 2.92. The molecule has 98 valence electrons. The molecule has 0 aromatic heterocycles. The van der Waals surface area contributed by atoms with Crippen molar-refractivity contribution >= 4 is 0 Å². The molecule has 3 rings (SSSR count). The molecule has 0 bridgehead atoms. The Balaban J connectivity index is 1.78. The number of likely N-dealkylation sites (tertiary alicyclic amines) is 1. The molecule has 3 heteroatoms. The fourth-order valence-corrected chi connectivity index (χ4v) is 3.14. The Labute approximate surface area is 109 Å². The molecule has 18 heavy (non-hydrogen) atoms. The smallest absolute Gasteiger partial charge is 0.119 e. The fourth-order valence-electron chi connectivity index (χ4n) is 3.14. The molecule has 0 aliphatic carbocycles. The lowest BCUT2D eigenvalue weighted by molar-refractivity contribution is 0.287. The van der Waals surface area contributed by atoms with Crippen LogP contribution in [0.2, 0.25) is 0 Å². The highest BCUT2D eigenvalue weighted by molar-refractivity contribution is 5.39. The molecule has 1 atom stereocenters. The van der Waals surface area contributed by atoms with Crippen LogP contribution < -0.4 is 10.1 Å². The van der Waals surface area contributed by atoms with Crippen molar-refractivity contribution < 1.29 is 4.74 Å². The third-order valence-corrected chi connectivity index (χ3v) is 4.15. The lowest BCUT2D eigenvalue weighted by Crippen LogP contribution is -2.38. The largest absolute Gasteiger partial charge is 0.497 e. The van der Waals surface area contributed by atoms with Crippen LogP contribution >= 0.6 is 0 Å². The van der Waals surface area contributed by atoms with Gasteiger partial charge in [-0.05, 0) is 62.2 Å². The van der Waals surface area contributed by atoms with Crippen molar-refractivity contribution in [2.75, 3.05) is 33.3 Å². The molecule has 0 saturated carbocycles. The number of benzene rings is 1. The van der Waals surface area contributed by atoms with E-state index in [4.69, 9.17) is 4.74 Å². The van der Waals surface area contributed by atoms with Gasteiger partial charge in [-0.3, -0.25) is 0 Å². The van der Waals surface area contributed by atoms with Gasteiger partial charge in [-0.15, -0.1) is 0 Å². The standard InChI is InChI=1S/C15H22N2O/c1-18-13-4-5-14-12(10-13)6-7-16-15(14)11-17-8-2-3-9-17/h4-5,10,15-16H,2-3,6-9,11H2,1H3/t15-/m1/s1. The van der Waals surface area contributed by atoms with E-state index < -0.39 is 0 Å². The summed E-state index contributed by atoms with van der Waals surface area (Å²) in [5.74, 6) is 0.982. The number of hydrogen-bond acceptors (Lipinski definition) is 3. The molecule has 2 aliphatic heterocycles. The maximum absolute atomic E-state index is 5.32. The summed E-state index contributed by atoms with van der Waals surface area (Å²) in [6.07, 6.45) is 3.84. The van der Waals surface area contributed by atoms with Crippen molar-refractivity contribution in [2.45, 2.75) is 25.3 Å². The van der Waals surface area contributed by atoms with Crippen LogP contribution in [-0.2, 0) is 6.42 Å². The summed E-state index contributed by atoms with van der Waals surface area (Å²) >= 11 is 0. The molecular formula is C15H22N2O. The van der Waals surface area contributed by atoms with Gasteiger partial charge in [0.2, 0.25) is 0 Å². The Morgan fingerprint density at radius 3 is 2.94 bits per heavy atom. The third-order valence-electron chi connectivity index (χ3n) is 4.15. The van der Waals surface area contributed by atoms with E-state index in [0.717, 1.165) is 25.3 Å². The van der Waals surface area contributed by atoms with E-state index in [0.29, 0.717) is 6.04 Å². The average Bonchev–Trinajstić information content (AvgIpc) is 2.91. The van der Waals surface area contributed by atoms with Gasteiger partial charge in [0.1, 0.15) is 5.75 Å². The maximum Gasteiger partial charge on any atom is 0.119 e. The molecule has 1 fully saturated rings. The Morgan fingerprint density at radius 1 is 1.33 bits per heavy atom. The molecule has 0 radical (unpaired) electrons. The summed E-state index contributed by atoms with van der Waals surface area (Å²) in [4.78, 5) is 2.58. The van der Waals surface area contributed by atoms with Crippen LogP contribution in [0.3, 0.4) is 0 Å². The molecule has 0 unspecified atom stereocenters. The van der Waals surface area contributed by atoms with Gasteiger partial charge in [0, 0.05) is 12.6 Å². The van der Waals surface area contributed by atoms with Crippen LogP contribution in [-0.4, -0.2) is 38.2 Å². The summed E-state index contributed by atoms with van der Waals surface area (Å²) in [7, 11) is 1.74. The van der Waals surface area contributed by atoms with Crippen molar-refractivity contribution in [3.05, 3.63) is 29.3 Å². The Bertz CT molecular complexity index is 413. The second-order valence-electron chi connectivity index (χ2n) is 5.33. The first-order chi connectivity index (χ1) is 8.86. The van der Waals surface area contributed by atoms with Gasteiger partial charge in [-0.1, -0.05) is 6.07 Å². The zero-order chi connectivity index (χ0) is 12.4. The molecule has 2 aliphatic rings. The van der Waals surface area contributed by atoms with Crippen LogP contribution in [0.25, 0.3) is 0 Å². The van der Waals surface area contributed by atoms with Crippen LogP contribution in [0.1, 0.15) is 30.0 Å². The van der Waals surface area contributed by atoms with Crippen LogP contribution in [0.5, 0.6) is 5.75 Å². The van der Waals surface area contributed by atoms with Gasteiger partial charge in [-0.25, -0.2) is 0 Å². The number of fused-ring (bicyclic) bond motifs is 1. The zero-order valence-corrected chi connectivity index (χ0v) is 11.1. The first-order valence-corrected chi connectivity index (χ1v) is 6.99.